The number of benzene rings is 1. The Hall–Kier alpha value is -0.580. The van der Waals surface area contributed by atoms with Crippen LogP contribution in [0.1, 0.15) is 16.5 Å². The molecule has 0 aliphatic carbocycles. The van der Waals surface area contributed by atoms with Gasteiger partial charge in [-0.25, -0.2) is 0 Å². The smallest absolute Gasteiger partial charge is 0.0477 e. The van der Waals surface area contributed by atoms with E-state index in [1.807, 2.05) is 11.3 Å². The lowest BCUT2D eigenvalue weighted by atomic mass is 10.0. The number of nitrogens with zero attached hydrogens (tertiary/aromatic N) is 1. The zero-order chi connectivity index (χ0) is 12.2. The molecule has 110 valence electrons. The highest BCUT2D eigenvalue weighted by molar-refractivity contribution is 7.09. The summed E-state index contributed by atoms with van der Waals surface area (Å²) in [5.41, 5.74) is 1.42. The number of hydrogen-bond donors (Lipinski definition) is 1. The Bertz CT molecular complexity index is 476. The van der Waals surface area contributed by atoms with Crippen molar-refractivity contribution in [3.8, 4) is 0 Å². The van der Waals surface area contributed by atoms with Gasteiger partial charge in [0.1, 0.15) is 0 Å². The van der Waals surface area contributed by atoms with E-state index in [0.29, 0.717) is 6.04 Å². The molecule has 1 N–H and O–H groups in total. The molecule has 0 bridgehead atoms. The predicted molar refractivity (Wildman–Crippen MR) is 91.3 cm³/mol. The third kappa shape index (κ3) is 4.21. The molecule has 1 atom stereocenters. The first kappa shape index (κ1) is 17.5. The van der Waals surface area contributed by atoms with Crippen molar-refractivity contribution in [1.29, 1.82) is 0 Å². The molecule has 1 fully saturated rings. The summed E-state index contributed by atoms with van der Waals surface area (Å²) in [4.78, 5) is 4.04. The van der Waals surface area contributed by atoms with E-state index in [4.69, 9.17) is 0 Å². The van der Waals surface area contributed by atoms with Gasteiger partial charge in [0.25, 0.3) is 0 Å². The van der Waals surface area contributed by atoms with Crippen molar-refractivity contribution in [3.05, 3.63) is 58.3 Å². The van der Waals surface area contributed by atoms with E-state index in [2.05, 4.69) is 58.1 Å². The fourth-order valence-corrected chi connectivity index (χ4v) is 3.27. The summed E-state index contributed by atoms with van der Waals surface area (Å²) in [7, 11) is 0. The summed E-state index contributed by atoms with van der Waals surface area (Å²) in [6.45, 7) is 4.33. The number of halogens is 2. The van der Waals surface area contributed by atoms with Crippen molar-refractivity contribution in [3.63, 3.8) is 0 Å². The average Bonchev–Trinajstić information content (AvgIpc) is 2.93. The van der Waals surface area contributed by atoms with Crippen LogP contribution >= 0.6 is 36.2 Å². The molecule has 3 rings (SSSR count). The Morgan fingerprint density at radius 1 is 1.10 bits per heavy atom. The molecule has 2 heterocycles. The maximum absolute atomic E-state index is 3.50. The highest BCUT2D eigenvalue weighted by atomic mass is 35.5. The van der Waals surface area contributed by atoms with Crippen LogP contribution in [0.2, 0.25) is 0 Å². The molecule has 1 aliphatic rings. The minimum atomic E-state index is 0. The average molecular weight is 331 g/mol. The predicted octanol–water partition coefficient (Wildman–Crippen LogP) is 3.74. The van der Waals surface area contributed by atoms with Gasteiger partial charge in [-0.3, -0.25) is 4.90 Å². The second kappa shape index (κ2) is 8.65. The topological polar surface area (TPSA) is 15.3 Å². The highest BCUT2D eigenvalue weighted by Crippen LogP contribution is 2.25. The van der Waals surface area contributed by atoms with Crippen molar-refractivity contribution in [2.24, 2.45) is 0 Å². The summed E-state index contributed by atoms with van der Waals surface area (Å²) < 4.78 is 0. The van der Waals surface area contributed by atoms with Crippen molar-refractivity contribution >= 4 is 36.2 Å². The van der Waals surface area contributed by atoms with Gasteiger partial charge in [0, 0.05) is 37.1 Å². The third-order valence-corrected chi connectivity index (χ3v) is 4.34. The molecule has 0 radical (unpaired) electrons. The second-order valence-electron chi connectivity index (χ2n) is 4.68. The van der Waals surface area contributed by atoms with Gasteiger partial charge in [-0.05, 0) is 17.0 Å². The van der Waals surface area contributed by atoms with E-state index < -0.39 is 0 Å². The van der Waals surface area contributed by atoms with E-state index >= 15 is 0 Å². The maximum atomic E-state index is 3.50. The molecule has 0 saturated carbocycles. The molecule has 2 aromatic rings. The molecular formula is C15H20Cl2N2S. The quantitative estimate of drug-likeness (QED) is 0.922. The van der Waals surface area contributed by atoms with Gasteiger partial charge in [0.05, 0.1) is 0 Å². The Balaban J connectivity index is 0.000001000. The molecule has 1 aromatic carbocycles. The molecule has 5 heteroatoms. The van der Waals surface area contributed by atoms with Crippen LogP contribution in [0.3, 0.4) is 0 Å². The van der Waals surface area contributed by atoms with Crippen LogP contribution in [0.25, 0.3) is 0 Å². The first-order valence-electron chi connectivity index (χ1n) is 6.45. The van der Waals surface area contributed by atoms with E-state index in [9.17, 15) is 0 Å². The number of piperazine rings is 1. The fourth-order valence-electron chi connectivity index (χ4n) is 2.54. The minimum Gasteiger partial charge on any atom is -0.314 e. The Labute approximate surface area is 137 Å². The minimum absolute atomic E-state index is 0. The van der Waals surface area contributed by atoms with Crippen molar-refractivity contribution in [2.45, 2.75) is 12.6 Å². The molecular weight excluding hydrogens is 311 g/mol. The number of rotatable bonds is 3. The van der Waals surface area contributed by atoms with Gasteiger partial charge in [0.15, 0.2) is 0 Å². The summed E-state index contributed by atoms with van der Waals surface area (Å²) in [6, 6.07) is 15.7. The maximum Gasteiger partial charge on any atom is 0.0477 e. The van der Waals surface area contributed by atoms with Gasteiger partial charge in [0.2, 0.25) is 0 Å². The normalized spacial score (nSPS) is 18.9. The van der Waals surface area contributed by atoms with Crippen molar-refractivity contribution in [1.82, 2.24) is 10.2 Å². The van der Waals surface area contributed by atoms with Crippen LogP contribution in [0.4, 0.5) is 0 Å². The standard InChI is InChI=1S/C15H18N2S.2ClH/c1-2-5-13(6-3-1)15-11-16-8-9-17(15)12-14-7-4-10-18-14;;/h1-7,10,15-16H,8-9,11-12H2;2*1H. The van der Waals surface area contributed by atoms with Crippen molar-refractivity contribution in [2.75, 3.05) is 19.6 Å². The summed E-state index contributed by atoms with van der Waals surface area (Å²) in [5.74, 6) is 0. The molecule has 1 unspecified atom stereocenters. The molecule has 20 heavy (non-hydrogen) atoms. The first-order valence-corrected chi connectivity index (χ1v) is 7.33. The molecule has 0 spiro atoms. The SMILES string of the molecule is Cl.Cl.c1ccc(C2CNCCN2Cc2cccs2)cc1. The molecule has 2 nitrogen and oxygen atoms in total. The zero-order valence-electron chi connectivity index (χ0n) is 11.2. The second-order valence-corrected chi connectivity index (χ2v) is 5.71. The molecule has 1 aromatic heterocycles. The Morgan fingerprint density at radius 3 is 2.60 bits per heavy atom. The van der Waals surface area contributed by atoms with E-state index in [-0.39, 0.29) is 24.8 Å². The number of thiophene rings is 1. The number of hydrogen-bond acceptors (Lipinski definition) is 3. The Morgan fingerprint density at radius 2 is 1.90 bits per heavy atom. The van der Waals surface area contributed by atoms with Crippen LogP contribution in [0.15, 0.2) is 47.8 Å². The lowest BCUT2D eigenvalue weighted by molar-refractivity contribution is 0.155. The Kier molecular flexibility index (Phi) is 7.56. The molecule has 0 amide bonds. The van der Waals surface area contributed by atoms with Gasteiger partial charge in [-0.15, -0.1) is 36.2 Å². The van der Waals surface area contributed by atoms with Crippen molar-refractivity contribution < 1.29 is 0 Å². The largest absolute Gasteiger partial charge is 0.314 e. The van der Waals surface area contributed by atoms with Crippen LogP contribution in [-0.2, 0) is 6.54 Å². The van der Waals surface area contributed by atoms with Crippen LogP contribution in [0.5, 0.6) is 0 Å². The zero-order valence-corrected chi connectivity index (χ0v) is 13.6. The molecule has 1 saturated heterocycles. The van der Waals surface area contributed by atoms with E-state index in [0.717, 1.165) is 26.2 Å². The lowest BCUT2D eigenvalue weighted by Gasteiger charge is -2.36. The summed E-state index contributed by atoms with van der Waals surface area (Å²) in [5, 5.41) is 5.67. The van der Waals surface area contributed by atoms with E-state index in [1.165, 1.54) is 10.4 Å². The van der Waals surface area contributed by atoms with Crippen LogP contribution in [0, 0.1) is 0 Å². The first-order chi connectivity index (χ1) is 8.93. The van der Waals surface area contributed by atoms with Crippen LogP contribution < -0.4 is 5.32 Å². The highest BCUT2D eigenvalue weighted by Gasteiger charge is 2.23. The lowest BCUT2D eigenvalue weighted by Crippen LogP contribution is -2.45. The monoisotopic (exact) mass is 330 g/mol. The van der Waals surface area contributed by atoms with E-state index in [1.54, 1.807) is 0 Å². The van der Waals surface area contributed by atoms with Crippen LogP contribution in [-0.4, -0.2) is 24.5 Å². The third-order valence-electron chi connectivity index (χ3n) is 3.48. The fraction of sp³-hybridized carbons (Fsp3) is 0.333. The van der Waals surface area contributed by atoms with Gasteiger partial charge >= 0.3 is 0 Å². The molecule has 1 aliphatic heterocycles. The summed E-state index contributed by atoms with van der Waals surface area (Å²) >= 11 is 1.85. The summed E-state index contributed by atoms with van der Waals surface area (Å²) in [6.07, 6.45) is 0. The number of nitrogens with one attached hydrogen (secondary N) is 1. The van der Waals surface area contributed by atoms with Gasteiger partial charge in [-0.1, -0.05) is 36.4 Å². The van der Waals surface area contributed by atoms with Gasteiger partial charge in [-0.2, -0.15) is 0 Å². The van der Waals surface area contributed by atoms with Gasteiger partial charge < -0.3 is 5.32 Å².